The van der Waals surface area contributed by atoms with Crippen molar-refractivity contribution in [2.45, 2.75) is 25.5 Å². The van der Waals surface area contributed by atoms with E-state index in [2.05, 4.69) is 15.5 Å². The van der Waals surface area contributed by atoms with Crippen molar-refractivity contribution < 1.29 is 24.6 Å². The molecule has 1 saturated heterocycles. The van der Waals surface area contributed by atoms with Gasteiger partial charge in [0.15, 0.2) is 0 Å². The van der Waals surface area contributed by atoms with Gasteiger partial charge in [0.05, 0.1) is 11.6 Å². The molecule has 236 valence electrons. The van der Waals surface area contributed by atoms with E-state index in [4.69, 9.17) is 5.11 Å². The van der Waals surface area contributed by atoms with Crippen LogP contribution in [0.25, 0.3) is 27.5 Å². The first-order valence-corrected chi connectivity index (χ1v) is 15.5. The van der Waals surface area contributed by atoms with Crippen molar-refractivity contribution >= 4 is 56.7 Å². The van der Waals surface area contributed by atoms with Gasteiger partial charge in [-0.3, -0.25) is 14.4 Å². The topological polar surface area (TPSA) is 129 Å². The number of carbonyl (C=O) groups excluding carboxylic acids is 2. The molecule has 0 saturated carbocycles. The Bertz CT molecular complexity index is 2110. The maximum atomic E-state index is 13.0. The predicted octanol–water partition coefficient (Wildman–Crippen LogP) is 6.14. The molecule has 1 aliphatic rings. The van der Waals surface area contributed by atoms with Gasteiger partial charge >= 0.3 is 5.97 Å². The predicted molar refractivity (Wildman–Crippen MR) is 183 cm³/mol. The molecule has 2 aromatic heterocycles. The smallest absolute Gasteiger partial charge is 0.323 e. The number of nitrogens with zero attached hydrogens (tertiary/aromatic N) is 3. The second kappa shape index (κ2) is 12.5. The summed E-state index contributed by atoms with van der Waals surface area (Å²) in [6.07, 6.45) is 4.95. The number of fused-ring (bicyclic) bond motifs is 2. The molecule has 0 radical (unpaired) electrons. The van der Waals surface area contributed by atoms with Crippen molar-refractivity contribution in [3.8, 4) is 5.69 Å². The van der Waals surface area contributed by atoms with Crippen LogP contribution in [0.5, 0.6) is 0 Å². The Hall–Kier alpha value is -5.87. The molecule has 10 heteroatoms. The third-order valence-electron chi connectivity index (χ3n) is 8.65. The minimum Gasteiger partial charge on any atom is -0.480 e. The van der Waals surface area contributed by atoms with Crippen molar-refractivity contribution in [3.05, 3.63) is 121 Å². The van der Waals surface area contributed by atoms with Gasteiger partial charge in [-0.15, -0.1) is 0 Å². The van der Waals surface area contributed by atoms with Crippen LogP contribution < -0.4 is 15.5 Å². The molecule has 4 aromatic carbocycles. The summed E-state index contributed by atoms with van der Waals surface area (Å²) in [5.41, 5.74) is 6.06. The van der Waals surface area contributed by atoms with Crippen LogP contribution in [0, 0.1) is 0 Å². The molecule has 0 atom stereocenters. The molecule has 10 nitrogen and oxygen atoms in total. The van der Waals surface area contributed by atoms with Gasteiger partial charge < -0.3 is 34.9 Å². The Kier molecular flexibility index (Phi) is 7.93. The van der Waals surface area contributed by atoms with Crippen molar-refractivity contribution in [2.75, 3.05) is 28.6 Å². The summed E-state index contributed by atoms with van der Waals surface area (Å²) in [5, 5.41) is 26.6. The average Bonchev–Trinajstić information content (AvgIpc) is 3.68. The SMILES string of the molecule is O=C(O)Cn1ccc2cc(NC(=O)c3ccc(-n4ccc5cc(NC(=O)c6ccc(N7CCC(O)CC7)cc6)ccc54)cc3)ccc21. The molecule has 1 fully saturated rings. The number of hydrogen-bond donors (Lipinski definition) is 4. The average molecular weight is 628 g/mol. The number of aromatic nitrogens is 2. The van der Waals surface area contributed by atoms with Gasteiger partial charge in [0, 0.05) is 75.6 Å². The molecular formula is C37H33N5O5. The molecule has 2 amide bonds. The highest BCUT2D eigenvalue weighted by molar-refractivity contribution is 6.06. The van der Waals surface area contributed by atoms with Gasteiger partial charge in [0.25, 0.3) is 11.8 Å². The molecule has 3 heterocycles. The van der Waals surface area contributed by atoms with Crippen molar-refractivity contribution in [1.82, 2.24) is 9.13 Å². The zero-order valence-electron chi connectivity index (χ0n) is 25.5. The van der Waals surface area contributed by atoms with Crippen molar-refractivity contribution in [2.24, 2.45) is 0 Å². The molecule has 0 bridgehead atoms. The Balaban J connectivity index is 0.998. The van der Waals surface area contributed by atoms with E-state index in [-0.39, 0.29) is 24.5 Å². The lowest BCUT2D eigenvalue weighted by Gasteiger charge is -2.31. The van der Waals surface area contributed by atoms with Gasteiger partial charge in [0.2, 0.25) is 0 Å². The maximum absolute atomic E-state index is 13.0. The van der Waals surface area contributed by atoms with E-state index in [1.54, 1.807) is 35.0 Å². The Morgan fingerprint density at radius 2 is 1.19 bits per heavy atom. The quantitative estimate of drug-likeness (QED) is 0.161. The van der Waals surface area contributed by atoms with Gasteiger partial charge in [-0.25, -0.2) is 0 Å². The first-order valence-electron chi connectivity index (χ1n) is 15.5. The number of benzene rings is 4. The van der Waals surface area contributed by atoms with E-state index >= 15 is 0 Å². The van der Waals surface area contributed by atoms with Crippen molar-refractivity contribution in [3.63, 3.8) is 0 Å². The van der Waals surface area contributed by atoms with Crippen LogP contribution >= 0.6 is 0 Å². The molecule has 0 spiro atoms. The maximum Gasteiger partial charge on any atom is 0.323 e. The third-order valence-corrected chi connectivity index (χ3v) is 8.65. The molecule has 7 rings (SSSR count). The molecule has 6 aromatic rings. The van der Waals surface area contributed by atoms with Crippen LogP contribution in [-0.2, 0) is 11.3 Å². The summed E-state index contributed by atoms with van der Waals surface area (Å²) in [7, 11) is 0. The Morgan fingerprint density at radius 1 is 0.660 bits per heavy atom. The number of aliphatic carboxylic acids is 1. The molecule has 1 aliphatic heterocycles. The Labute approximate surface area is 270 Å². The number of piperidine rings is 1. The Morgan fingerprint density at radius 3 is 1.79 bits per heavy atom. The van der Waals surface area contributed by atoms with Gasteiger partial charge in [-0.05, 0) is 110 Å². The number of carboxylic acids is 1. The second-order valence-corrected chi connectivity index (χ2v) is 11.8. The number of carboxylic acid groups (broad SMARTS) is 1. The number of carbonyl (C=O) groups is 3. The first kappa shape index (κ1) is 29.8. The molecule has 0 aliphatic carbocycles. The van der Waals surface area contributed by atoms with Crippen LogP contribution in [0.3, 0.4) is 0 Å². The fourth-order valence-electron chi connectivity index (χ4n) is 6.13. The monoisotopic (exact) mass is 627 g/mol. The van der Waals surface area contributed by atoms with Crippen LogP contribution in [0.1, 0.15) is 33.6 Å². The number of aliphatic hydroxyl groups is 1. The molecule has 0 unspecified atom stereocenters. The highest BCUT2D eigenvalue weighted by atomic mass is 16.4. The summed E-state index contributed by atoms with van der Waals surface area (Å²) in [6.45, 7) is 1.48. The van der Waals surface area contributed by atoms with Crippen LogP contribution in [0.4, 0.5) is 17.1 Å². The largest absolute Gasteiger partial charge is 0.480 e. The fourth-order valence-corrected chi connectivity index (χ4v) is 6.13. The van der Waals surface area contributed by atoms with Gasteiger partial charge in [-0.2, -0.15) is 0 Å². The fraction of sp³-hybridized carbons (Fsp3) is 0.162. The number of aliphatic hydroxyl groups excluding tert-OH is 1. The summed E-state index contributed by atoms with van der Waals surface area (Å²) in [4.78, 5) is 39.3. The minimum absolute atomic E-state index is 0.127. The number of anilines is 3. The lowest BCUT2D eigenvalue weighted by atomic mass is 10.1. The van der Waals surface area contributed by atoms with Crippen LogP contribution in [0.15, 0.2) is 109 Å². The standard InChI is InChI=1S/C37H33N5O5/c43-32-15-18-40(19-16-32)30-7-1-24(2-8-30)36(46)39-29-6-12-34-27(22-29)14-20-42(34)31-9-3-25(4-10-31)37(47)38-28-5-11-33-26(21-28)13-17-41(33)23-35(44)45/h1-14,17,20-22,32,43H,15-16,18-19,23H2,(H,38,47)(H,39,46)(H,44,45). The highest BCUT2D eigenvalue weighted by Gasteiger charge is 2.18. The summed E-state index contributed by atoms with van der Waals surface area (Å²) < 4.78 is 3.67. The van der Waals surface area contributed by atoms with Crippen molar-refractivity contribution in [1.29, 1.82) is 0 Å². The second-order valence-electron chi connectivity index (χ2n) is 11.8. The normalized spacial score (nSPS) is 13.6. The third kappa shape index (κ3) is 6.31. The zero-order valence-corrected chi connectivity index (χ0v) is 25.5. The summed E-state index contributed by atoms with van der Waals surface area (Å²) in [6, 6.07) is 29.8. The summed E-state index contributed by atoms with van der Waals surface area (Å²) >= 11 is 0. The zero-order chi connectivity index (χ0) is 32.5. The number of rotatable bonds is 8. The van der Waals surface area contributed by atoms with E-state index in [0.717, 1.165) is 59.1 Å². The highest BCUT2D eigenvalue weighted by Crippen LogP contribution is 2.26. The molecular weight excluding hydrogens is 594 g/mol. The first-order chi connectivity index (χ1) is 22.8. The van der Waals surface area contributed by atoms with E-state index in [1.807, 2.05) is 83.6 Å². The lowest BCUT2D eigenvalue weighted by Crippen LogP contribution is -2.35. The van der Waals surface area contributed by atoms with E-state index < -0.39 is 5.97 Å². The molecule has 47 heavy (non-hydrogen) atoms. The van der Waals surface area contributed by atoms with Crippen LogP contribution in [0.2, 0.25) is 0 Å². The van der Waals surface area contributed by atoms with E-state index in [9.17, 15) is 19.5 Å². The van der Waals surface area contributed by atoms with Gasteiger partial charge in [-0.1, -0.05) is 0 Å². The number of nitrogens with one attached hydrogen (secondary N) is 2. The number of hydrogen-bond acceptors (Lipinski definition) is 5. The lowest BCUT2D eigenvalue weighted by molar-refractivity contribution is -0.137. The van der Waals surface area contributed by atoms with E-state index in [0.29, 0.717) is 22.5 Å². The van der Waals surface area contributed by atoms with Gasteiger partial charge in [0.1, 0.15) is 6.54 Å². The summed E-state index contributed by atoms with van der Waals surface area (Å²) in [5.74, 6) is -1.35. The minimum atomic E-state index is -0.917. The molecule has 4 N–H and O–H groups in total. The van der Waals surface area contributed by atoms with Crippen LogP contribution in [-0.4, -0.2) is 56.3 Å². The number of amides is 2. The van der Waals surface area contributed by atoms with E-state index in [1.165, 1.54) is 0 Å².